The molecular weight excluding hydrogens is 302 g/mol. The summed E-state index contributed by atoms with van der Waals surface area (Å²) in [7, 11) is -6.27. The monoisotopic (exact) mass is 327 g/mol. The maximum Gasteiger partial charge on any atom is 0.211 e. The third-order valence-corrected chi connectivity index (χ3v) is 6.09. The second kappa shape index (κ2) is 7.69. The SMILES string of the molecule is CCCCS(=O)(=O)NCCN1CCN(S(C)(=O)=O)CC1. The highest BCUT2D eigenvalue weighted by Crippen LogP contribution is 2.05. The number of sulfonamides is 2. The molecule has 0 spiro atoms. The Kier molecular flexibility index (Phi) is 6.86. The second-order valence-corrected chi connectivity index (χ2v) is 8.98. The molecular formula is C11H25N3O4S2. The van der Waals surface area contributed by atoms with E-state index in [-0.39, 0.29) is 5.75 Å². The lowest BCUT2D eigenvalue weighted by molar-refractivity contribution is 0.192. The van der Waals surface area contributed by atoms with Crippen LogP contribution in [0.2, 0.25) is 0 Å². The van der Waals surface area contributed by atoms with Crippen molar-refractivity contribution in [3.63, 3.8) is 0 Å². The van der Waals surface area contributed by atoms with E-state index in [1.165, 1.54) is 10.6 Å². The van der Waals surface area contributed by atoms with Crippen molar-refractivity contribution in [2.24, 2.45) is 0 Å². The summed E-state index contributed by atoms with van der Waals surface area (Å²) < 4.78 is 49.9. The Morgan fingerprint density at radius 2 is 1.65 bits per heavy atom. The van der Waals surface area contributed by atoms with Crippen molar-refractivity contribution >= 4 is 20.0 Å². The van der Waals surface area contributed by atoms with Gasteiger partial charge in [0.1, 0.15) is 0 Å². The zero-order valence-corrected chi connectivity index (χ0v) is 13.8. The summed E-state index contributed by atoms with van der Waals surface area (Å²) in [5.41, 5.74) is 0. The molecule has 0 radical (unpaired) electrons. The van der Waals surface area contributed by atoms with E-state index >= 15 is 0 Å². The van der Waals surface area contributed by atoms with Crippen molar-refractivity contribution in [3.8, 4) is 0 Å². The number of hydrogen-bond donors (Lipinski definition) is 1. The highest BCUT2D eigenvalue weighted by Gasteiger charge is 2.23. The largest absolute Gasteiger partial charge is 0.299 e. The van der Waals surface area contributed by atoms with E-state index in [9.17, 15) is 16.8 Å². The van der Waals surface area contributed by atoms with Crippen LogP contribution in [0.1, 0.15) is 19.8 Å². The fraction of sp³-hybridized carbons (Fsp3) is 1.00. The molecule has 1 aliphatic rings. The molecule has 1 saturated heterocycles. The Morgan fingerprint density at radius 1 is 1.05 bits per heavy atom. The van der Waals surface area contributed by atoms with Crippen LogP contribution in [-0.4, -0.2) is 77.3 Å². The van der Waals surface area contributed by atoms with Crippen molar-refractivity contribution in [1.82, 2.24) is 13.9 Å². The summed E-state index contributed by atoms with van der Waals surface area (Å²) in [5, 5.41) is 0. The van der Waals surface area contributed by atoms with Gasteiger partial charge in [0, 0.05) is 39.3 Å². The molecule has 1 fully saturated rings. The summed E-state index contributed by atoms with van der Waals surface area (Å²) in [6.07, 6.45) is 2.74. The van der Waals surface area contributed by atoms with Gasteiger partial charge in [-0.2, -0.15) is 4.31 Å². The number of nitrogens with zero attached hydrogens (tertiary/aromatic N) is 2. The average molecular weight is 327 g/mol. The van der Waals surface area contributed by atoms with Crippen molar-refractivity contribution in [1.29, 1.82) is 0 Å². The Bertz CT molecular complexity index is 482. The average Bonchev–Trinajstić information content (AvgIpc) is 2.36. The van der Waals surface area contributed by atoms with Crippen molar-refractivity contribution < 1.29 is 16.8 Å². The number of hydrogen-bond acceptors (Lipinski definition) is 5. The fourth-order valence-electron chi connectivity index (χ4n) is 2.05. The molecule has 0 aromatic carbocycles. The van der Waals surface area contributed by atoms with Crippen LogP contribution in [0.25, 0.3) is 0 Å². The normalized spacial score (nSPS) is 19.3. The van der Waals surface area contributed by atoms with E-state index in [4.69, 9.17) is 0 Å². The quantitative estimate of drug-likeness (QED) is 0.636. The minimum atomic E-state index is -3.16. The van der Waals surface area contributed by atoms with Crippen LogP contribution in [0.4, 0.5) is 0 Å². The summed E-state index contributed by atoms with van der Waals surface area (Å²) >= 11 is 0. The smallest absolute Gasteiger partial charge is 0.211 e. The molecule has 1 rings (SSSR count). The molecule has 7 nitrogen and oxygen atoms in total. The molecule has 120 valence electrons. The highest BCUT2D eigenvalue weighted by molar-refractivity contribution is 7.89. The first-order valence-corrected chi connectivity index (χ1v) is 10.4. The van der Waals surface area contributed by atoms with E-state index in [2.05, 4.69) is 9.62 Å². The minimum absolute atomic E-state index is 0.172. The van der Waals surface area contributed by atoms with Crippen LogP contribution in [0.3, 0.4) is 0 Å². The van der Waals surface area contributed by atoms with Crippen LogP contribution in [-0.2, 0) is 20.0 Å². The molecule has 9 heteroatoms. The molecule has 1 heterocycles. The highest BCUT2D eigenvalue weighted by atomic mass is 32.2. The number of nitrogens with one attached hydrogen (secondary N) is 1. The van der Waals surface area contributed by atoms with Gasteiger partial charge in [-0.15, -0.1) is 0 Å². The molecule has 0 aromatic rings. The lowest BCUT2D eigenvalue weighted by Gasteiger charge is -2.33. The van der Waals surface area contributed by atoms with E-state index in [0.717, 1.165) is 6.42 Å². The van der Waals surface area contributed by atoms with Crippen LogP contribution in [0.5, 0.6) is 0 Å². The fourth-order valence-corrected chi connectivity index (χ4v) is 4.09. The zero-order valence-electron chi connectivity index (χ0n) is 12.2. The lowest BCUT2D eigenvalue weighted by Crippen LogP contribution is -2.49. The molecule has 1 N–H and O–H groups in total. The molecule has 0 unspecified atom stereocenters. The van der Waals surface area contributed by atoms with Crippen molar-refractivity contribution in [3.05, 3.63) is 0 Å². The van der Waals surface area contributed by atoms with Gasteiger partial charge < -0.3 is 0 Å². The predicted molar refractivity (Wildman–Crippen MR) is 79.6 cm³/mol. The number of unbranched alkanes of at least 4 members (excludes halogenated alkanes) is 1. The second-order valence-electron chi connectivity index (χ2n) is 5.07. The Balaban J connectivity index is 2.25. The molecule has 20 heavy (non-hydrogen) atoms. The molecule has 0 saturated carbocycles. The molecule has 1 aliphatic heterocycles. The van der Waals surface area contributed by atoms with Gasteiger partial charge in [0.05, 0.1) is 12.0 Å². The minimum Gasteiger partial charge on any atom is -0.299 e. The van der Waals surface area contributed by atoms with Crippen LogP contribution in [0, 0.1) is 0 Å². The van der Waals surface area contributed by atoms with E-state index in [1.54, 1.807) is 0 Å². The topological polar surface area (TPSA) is 86.8 Å². The van der Waals surface area contributed by atoms with E-state index in [1.807, 2.05) is 6.92 Å². The Morgan fingerprint density at radius 3 is 2.15 bits per heavy atom. The number of rotatable bonds is 8. The molecule has 0 atom stereocenters. The van der Waals surface area contributed by atoms with Gasteiger partial charge in [0.15, 0.2) is 0 Å². The first-order chi connectivity index (χ1) is 9.24. The molecule has 0 bridgehead atoms. The van der Waals surface area contributed by atoms with Gasteiger partial charge in [0.25, 0.3) is 0 Å². The predicted octanol–water partition coefficient (Wildman–Crippen LogP) is -0.717. The standard InChI is InChI=1S/C11H25N3O4S2/c1-3-4-11-20(17,18)12-5-6-13-7-9-14(10-8-13)19(2,15)16/h12H,3-11H2,1-2H3. The lowest BCUT2D eigenvalue weighted by atomic mass is 10.3. The van der Waals surface area contributed by atoms with Gasteiger partial charge in [-0.3, -0.25) is 4.90 Å². The van der Waals surface area contributed by atoms with Gasteiger partial charge in [-0.25, -0.2) is 21.6 Å². The molecule has 0 aromatic heterocycles. The van der Waals surface area contributed by atoms with Crippen LogP contribution in [0.15, 0.2) is 0 Å². The first kappa shape index (κ1) is 17.8. The maximum atomic E-state index is 11.6. The summed E-state index contributed by atoms with van der Waals surface area (Å²) in [6.45, 7) is 5.18. The van der Waals surface area contributed by atoms with E-state index < -0.39 is 20.0 Å². The summed E-state index contributed by atoms with van der Waals surface area (Å²) in [4.78, 5) is 2.07. The Hall–Kier alpha value is -0.220. The van der Waals surface area contributed by atoms with Gasteiger partial charge in [0.2, 0.25) is 20.0 Å². The van der Waals surface area contributed by atoms with Gasteiger partial charge in [-0.05, 0) is 6.42 Å². The van der Waals surface area contributed by atoms with Crippen LogP contribution >= 0.6 is 0 Å². The van der Waals surface area contributed by atoms with Gasteiger partial charge in [-0.1, -0.05) is 13.3 Å². The summed E-state index contributed by atoms with van der Waals surface area (Å²) in [6, 6.07) is 0. The van der Waals surface area contributed by atoms with Gasteiger partial charge >= 0.3 is 0 Å². The van der Waals surface area contributed by atoms with Crippen molar-refractivity contribution in [2.45, 2.75) is 19.8 Å². The van der Waals surface area contributed by atoms with Crippen LogP contribution < -0.4 is 4.72 Å². The zero-order chi connectivity index (χ0) is 15.2. The first-order valence-electron chi connectivity index (χ1n) is 6.89. The van der Waals surface area contributed by atoms with Crippen molar-refractivity contribution in [2.75, 3.05) is 51.3 Å². The molecule has 0 aliphatic carbocycles. The Labute approximate surface area is 122 Å². The molecule has 0 amide bonds. The number of piperazine rings is 1. The third-order valence-electron chi connectivity index (χ3n) is 3.32. The maximum absolute atomic E-state index is 11.6. The van der Waals surface area contributed by atoms with E-state index in [0.29, 0.717) is 45.7 Å². The summed E-state index contributed by atoms with van der Waals surface area (Å²) in [5.74, 6) is 0.172. The third kappa shape index (κ3) is 6.49.